The van der Waals surface area contributed by atoms with E-state index in [-0.39, 0.29) is 24.4 Å². The van der Waals surface area contributed by atoms with Gasteiger partial charge in [0.2, 0.25) is 11.8 Å². The highest BCUT2D eigenvalue weighted by Crippen LogP contribution is 2.38. The van der Waals surface area contributed by atoms with Gasteiger partial charge in [0.25, 0.3) is 0 Å². The van der Waals surface area contributed by atoms with E-state index in [4.69, 9.17) is 11.6 Å². The van der Waals surface area contributed by atoms with Crippen LogP contribution in [0.5, 0.6) is 0 Å². The Hall–Kier alpha value is -1.85. The molecule has 3 rings (SSSR count). The van der Waals surface area contributed by atoms with Crippen LogP contribution in [0.15, 0.2) is 35.7 Å². The zero-order chi connectivity index (χ0) is 19.6. The van der Waals surface area contributed by atoms with Crippen molar-refractivity contribution in [2.24, 2.45) is 0 Å². The average molecular weight is 405 g/mol. The Bertz CT molecular complexity index is 833. The van der Waals surface area contributed by atoms with Gasteiger partial charge in [-0.2, -0.15) is 0 Å². The molecule has 2 aromatic rings. The molecule has 2 atom stereocenters. The SMILES string of the molecule is CCN(CC(=O)N1CCc2sccc2[C@@H]1c1ccccc1C)C(=O)[C@@H](C)Cl. The van der Waals surface area contributed by atoms with E-state index in [0.717, 1.165) is 17.5 Å². The van der Waals surface area contributed by atoms with E-state index >= 15 is 0 Å². The van der Waals surface area contributed by atoms with Crippen molar-refractivity contribution in [3.05, 3.63) is 57.3 Å². The number of alkyl halides is 1. The number of nitrogens with zero attached hydrogens (tertiary/aromatic N) is 2. The van der Waals surface area contributed by atoms with Gasteiger partial charge in [0.05, 0.1) is 12.6 Å². The third-order valence-electron chi connectivity index (χ3n) is 5.13. The molecule has 6 heteroatoms. The van der Waals surface area contributed by atoms with E-state index in [2.05, 4.69) is 30.5 Å². The first-order valence-electron chi connectivity index (χ1n) is 9.28. The first kappa shape index (κ1) is 19.9. The van der Waals surface area contributed by atoms with Crippen LogP contribution >= 0.6 is 22.9 Å². The van der Waals surface area contributed by atoms with E-state index in [9.17, 15) is 9.59 Å². The van der Waals surface area contributed by atoms with Crippen molar-refractivity contribution in [3.8, 4) is 0 Å². The summed E-state index contributed by atoms with van der Waals surface area (Å²) in [6, 6.07) is 10.2. The molecule has 0 radical (unpaired) electrons. The van der Waals surface area contributed by atoms with Gasteiger partial charge in [0.15, 0.2) is 0 Å². The summed E-state index contributed by atoms with van der Waals surface area (Å²) >= 11 is 7.70. The van der Waals surface area contributed by atoms with Crippen molar-refractivity contribution in [2.75, 3.05) is 19.6 Å². The van der Waals surface area contributed by atoms with Crippen molar-refractivity contribution in [3.63, 3.8) is 0 Å². The highest BCUT2D eigenvalue weighted by atomic mass is 35.5. The highest BCUT2D eigenvalue weighted by Gasteiger charge is 2.34. The second kappa shape index (κ2) is 8.44. The minimum atomic E-state index is -0.630. The lowest BCUT2D eigenvalue weighted by atomic mass is 9.90. The van der Waals surface area contributed by atoms with E-state index < -0.39 is 5.38 Å². The average Bonchev–Trinajstić information content (AvgIpc) is 3.14. The van der Waals surface area contributed by atoms with Crippen molar-refractivity contribution in [2.45, 2.75) is 38.6 Å². The van der Waals surface area contributed by atoms with E-state index in [1.165, 1.54) is 15.3 Å². The molecule has 1 aromatic carbocycles. The monoisotopic (exact) mass is 404 g/mol. The van der Waals surface area contributed by atoms with Crippen LogP contribution < -0.4 is 0 Å². The molecule has 0 unspecified atom stereocenters. The zero-order valence-electron chi connectivity index (χ0n) is 15.9. The number of thiophene rings is 1. The van der Waals surface area contributed by atoms with Gasteiger partial charge in [-0.1, -0.05) is 24.3 Å². The fourth-order valence-corrected chi connectivity index (χ4v) is 4.71. The van der Waals surface area contributed by atoms with Crippen molar-refractivity contribution >= 4 is 34.8 Å². The smallest absolute Gasteiger partial charge is 0.242 e. The highest BCUT2D eigenvalue weighted by molar-refractivity contribution is 7.10. The van der Waals surface area contributed by atoms with Crippen LogP contribution in [0, 0.1) is 6.92 Å². The van der Waals surface area contributed by atoms with Crippen LogP contribution in [0.4, 0.5) is 0 Å². The molecule has 0 aliphatic carbocycles. The Morgan fingerprint density at radius 1 is 1.30 bits per heavy atom. The number of carbonyl (C=O) groups is 2. The molecule has 4 nitrogen and oxygen atoms in total. The zero-order valence-corrected chi connectivity index (χ0v) is 17.5. The molecule has 0 saturated heterocycles. The molecule has 0 saturated carbocycles. The maximum Gasteiger partial charge on any atom is 0.242 e. The summed E-state index contributed by atoms with van der Waals surface area (Å²) in [4.78, 5) is 30.3. The van der Waals surface area contributed by atoms with Gasteiger partial charge in [-0.05, 0) is 55.3 Å². The van der Waals surface area contributed by atoms with Crippen molar-refractivity contribution < 1.29 is 9.59 Å². The van der Waals surface area contributed by atoms with Crippen LogP contribution in [0.25, 0.3) is 0 Å². The molecule has 0 N–H and O–H groups in total. The van der Waals surface area contributed by atoms with E-state index in [0.29, 0.717) is 13.1 Å². The number of benzene rings is 1. The molecule has 144 valence electrons. The summed E-state index contributed by atoms with van der Waals surface area (Å²) in [7, 11) is 0. The molecule has 1 aromatic heterocycles. The topological polar surface area (TPSA) is 40.6 Å². The molecular formula is C21H25ClN2O2S. The Morgan fingerprint density at radius 3 is 2.70 bits per heavy atom. The summed E-state index contributed by atoms with van der Waals surface area (Å²) in [5, 5.41) is 1.47. The minimum Gasteiger partial charge on any atom is -0.332 e. The normalized spacial score (nSPS) is 17.3. The first-order valence-corrected chi connectivity index (χ1v) is 10.6. The second-order valence-electron chi connectivity index (χ2n) is 6.86. The van der Waals surface area contributed by atoms with Crippen LogP contribution in [-0.2, 0) is 16.0 Å². The first-order chi connectivity index (χ1) is 12.9. The summed E-state index contributed by atoms with van der Waals surface area (Å²) < 4.78 is 0. The number of carbonyl (C=O) groups excluding carboxylic acids is 2. The summed E-state index contributed by atoms with van der Waals surface area (Å²) in [5.74, 6) is -0.235. The third kappa shape index (κ3) is 4.04. The number of hydrogen-bond acceptors (Lipinski definition) is 3. The largest absolute Gasteiger partial charge is 0.332 e. The molecule has 2 heterocycles. The van der Waals surface area contributed by atoms with E-state index in [1.54, 1.807) is 18.3 Å². The van der Waals surface area contributed by atoms with E-state index in [1.807, 2.05) is 24.0 Å². The molecule has 0 fully saturated rings. The Morgan fingerprint density at radius 2 is 2.04 bits per heavy atom. The molecule has 0 spiro atoms. The Labute approximate surface area is 169 Å². The van der Waals surface area contributed by atoms with Gasteiger partial charge in [0, 0.05) is 18.0 Å². The predicted molar refractivity (Wildman–Crippen MR) is 110 cm³/mol. The molecular weight excluding hydrogens is 380 g/mol. The number of fused-ring (bicyclic) bond motifs is 1. The lowest BCUT2D eigenvalue weighted by molar-refractivity contribution is -0.141. The lowest BCUT2D eigenvalue weighted by Gasteiger charge is -2.38. The van der Waals surface area contributed by atoms with Crippen LogP contribution in [0.3, 0.4) is 0 Å². The van der Waals surface area contributed by atoms with Gasteiger partial charge in [-0.3, -0.25) is 9.59 Å². The Balaban J connectivity index is 1.92. The fraction of sp³-hybridized carbons (Fsp3) is 0.429. The molecule has 27 heavy (non-hydrogen) atoms. The summed E-state index contributed by atoms with van der Waals surface area (Å²) in [5.41, 5.74) is 3.51. The van der Waals surface area contributed by atoms with Gasteiger partial charge >= 0.3 is 0 Å². The Kier molecular flexibility index (Phi) is 6.22. The maximum atomic E-state index is 13.2. The molecule has 0 bridgehead atoms. The molecule has 2 amide bonds. The third-order valence-corrected chi connectivity index (χ3v) is 6.31. The number of likely N-dealkylation sites (N-methyl/N-ethyl adjacent to an activating group) is 1. The van der Waals surface area contributed by atoms with Gasteiger partial charge < -0.3 is 9.80 Å². The maximum absolute atomic E-state index is 13.2. The predicted octanol–water partition coefficient (Wildman–Crippen LogP) is 4.01. The lowest BCUT2D eigenvalue weighted by Crippen LogP contribution is -2.48. The van der Waals surface area contributed by atoms with Gasteiger partial charge in [0.1, 0.15) is 5.38 Å². The number of hydrogen-bond donors (Lipinski definition) is 0. The van der Waals surface area contributed by atoms with Gasteiger partial charge in [-0.15, -0.1) is 22.9 Å². The van der Waals surface area contributed by atoms with Crippen molar-refractivity contribution in [1.29, 1.82) is 0 Å². The number of amides is 2. The van der Waals surface area contributed by atoms with Crippen LogP contribution in [-0.4, -0.2) is 46.6 Å². The van der Waals surface area contributed by atoms with Crippen LogP contribution in [0.1, 0.15) is 41.5 Å². The summed E-state index contributed by atoms with van der Waals surface area (Å²) in [6.45, 7) is 6.79. The van der Waals surface area contributed by atoms with Crippen LogP contribution in [0.2, 0.25) is 0 Å². The van der Waals surface area contributed by atoms with Gasteiger partial charge in [-0.25, -0.2) is 0 Å². The minimum absolute atomic E-state index is 0.0346. The number of aryl methyl sites for hydroxylation is 1. The standard InChI is InChI=1S/C21H25ClN2O2S/c1-4-23(21(26)15(3)22)13-19(25)24-11-9-18-17(10-12-27-18)20(24)16-8-6-5-7-14(16)2/h5-8,10,12,15,20H,4,9,11,13H2,1-3H3/t15-,20+/m1/s1. The quantitative estimate of drug-likeness (QED) is 0.706. The number of halogens is 1. The molecule has 1 aliphatic rings. The fourth-order valence-electron chi connectivity index (χ4n) is 3.67. The van der Waals surface area contributed by atoms with Crippen molar-refractivity contribution in [1.82, 2.24) is 9.80 Å². The summed E-state index contributed by atoms with van der Waals surface area (Å²) in [6.07, 6.45) is 0.854. The number of rotatable bonds is 5. The second-order valence-corrected chi connectivity index (χ2v) is 8.52. The molecule has 1 aliphatic heterocycles.